The number of thioether (sulfide) groups is 1. The van der Waals surface area contributed by atoms with Gasteiger partial charge in [-0.15, -0.1) is 10.2 Å². The Hall–Kier alpha value is -3.44. The van der Waals surface area contributed by atoms with Gasteiger partial charge in [-0.2, -0.15) is 0 Å². The normalized spacial score (nSPS) is 11.0. The van der Waals surface area contributed by atoms with Gasteiger partial charge in [-0.1, -0.05) is 70.6 Å². The average molecular weight is 584 g/mol. The van der Waals surface area contributed by atoms with Crippen LogP contribution in [0.2, 0.25) is 10.0 Å². The van der Waals surface area contributed by atoms with Gasteiger partial charge >= 0.3 is 0 Å². The van der Waals surface area contributed by atoms with E-state index in [4.69, 9.17) is 23.2 Å². The highest BCUT2D eigenvalue weighted by atomic mass is 35.5. The van der Waals surface area contributed by atoms with E-state index < -0.39 is 0 Å². The minimum atomic E-state index is -0.366. The molecule has 2 amide bonds. The number of aryl methyl sites for hydroxylation is 1. The zero-order valence-corrected chi connectivity index (χ0v) is 23.1. The Morgan fingerprint density at radius 3 is 2.66 bits per heavy atom. The molecule has 5 rings (SSSR count). The first-order chi connectivity index (χ1) is 18.4. The number of carbonyl (C=O) groups excluding carboxylic acids is 2. The van der Waals surface area contributed by atoms with Crippen LogP contribution in [0.4, 0.5) is 5.13 Å². The molecule has 0 spiro atoms. The van der Waals surface area contributed by atoms with E-state index in [2.05, 4.69) is 25.8 Å². The lowest BCUT2D eigenvalue weighted by atomic mass is 10.2. The van der Waals surface area contributed by atoms with Crippen LogP contribution in [0.15, 0.2) is 71.9 Å². The zero-order chi connectivity index (χ0) is 26.6. The van der Waals surface area contributed by atoms with Crippen LogP contribution in [0.3, 0.4) is 0 Å². The van der Waals surface area contributed by atoms with E-state index in [0.29, 0.717) is 26.7 Å². The van der Waals surface area contributed by atoms with Gasteiger partial charge in [0, 0.05) is 10.7 Å². The molecule has 0 radical (unpaired) electrons. The summed E-state index contributed by atoms with van der Waals surface area (Å²) in [7, 11) is 0. The van der Waals surface area contributed by atoms with Gasteiger partial charge in [0.15, 0.2) is 16.1 Å². The van der Waals surface area contributed by atoms with Gasteiger partial charge in [-0.3, -0.25) is 14.2 Å². The molecule has 38 heavy (non-hydrogen) atoms. The van der Waals surface area contributed by atoms with E-state index in [1.807, 2.05) is 60.0 Å². The number of fused-ring (bicyclic) bond motifs is 1. The van der Waals surface area contributed by atoms with Crippen LogP contribution in [0.5, 0.6) is 0 Å². The topological polar surface area (TPSA) is 102 Å². The molecule has 0 aliphatic rings. The van der Waals surface area contributed by atoms with Crippen LogP contribution in [-0.4, -0.2) is 37.3 Å². The van der Waals surface area contributed by atoms with Crippen LogP contribution in [0.25, 0.3) is 15.9 Å². The number of thiazole rings is 1. The molecule has 0 saturated heterocycles. The Bertz CT molecular complexity index is 1620. The molecular formula is C26H20Cl2N6O2S2. The Labute approximate surface area is 236 Å². The molecule has 3 aromatic carbocycles. The molecule has 2 heterocycles. The lowest BCUT2D eigenvalue weighted by molar-refractivity contribution is -0.113. The molecule has 0 bridgehead atoms. The second kappa shape index (κ2) is 11.5. The Morgan fingerprint density at radius 2 is 1.87 bits per heavy atom. The number of rotatable bonds is 8. The highest BCUT2D eigenvalue weighted by molar-refractivity contribution is 7.99. The number of carbonyl (C=O) groups is 2. The third kappa shape index (κ3) is 5.99. The maximum Gasteiger partial charge on any atom is 0.253 e. The van der Waals surface area contributed by atoms with Gasteiger partial charge < -0.3 is 10.6 Å². The molecule has 5 aromatic rings. The summed E-state index contributed by atoms with van der Waals surface area (Å²) in [5, 5.41) is 16.1. The fourth-order valence-electron chi connectivity index (χ4n) is 3.67. The van der Waals surface area contributed by atoms with Gasteiger partial charge in [0.25, 0.3) is 5.91 Å². The Morgan fingerprint density at radius 1 is 1.03 bits per heavy atom. The summed E-state index contributed by atoms with van der Waals surface area (Å²) in [6, 6.07) is 20.2. The maximum absolute atomic E-state index is 12.8. The average Bonchev–Trinajstić information content (AvgIpc) is 3.49. The van der Waals surface area contributed by atoms with Crippen LogP contribution in [-0.2, 0) is 11.3 Å². The van der Waals surface area contributed by atoms with E-state index in [1.165, 1.54) is 29.2 Å². The molecule has 0 saturated carbocycles. The monoisotopic (exact) mass is 582 g/mol. The maximum atomic E-state index is 12.8. The standard InChI is InChI=1S/C26H20Cl2N6O2S2/c1-15-5-4-6-17(11-15)34-22(13-29-24(36)18-10-9-16(27)12-19(18)28)32-33-26(34)37-14-23(35)31-25-30-20-7-2-3-8-21(20)38-25/h2-12H,13-14H2,1H3,(H,29,36)(H,30,31,35). The van der Waals surface area contributed by atoms with Gasteiger partial charge in [0.1, 0.15) is 0 Å². The van der Waals surface area contributed by atoms with Crippen LogP contribution in [0.1, 0.15) is 21.7 Å². The Balaban J connectivity index is 1.32. The van der Waals surface area contributed by atoms with Crippen molar-refractivity contribution in [2.45, 2.75) is 18.6 Å². The minimum Gasteiger partial charge on any atom is -0.345 e. The first kappa shape index (κ1) is 26.2. The molecule has 2 aromatic heterocycles. The number of para-hydroxylation sites is 1. The van der Waals surface area contributed by atoms with Gasteiger partial charge in [0.05, 0.1) is 33.1 Å². The van der Waals surface area contributed by atoms with E-state index in [9.17, 15) is 9.59 Å². The fourth-order valence-corrected chi connectivity index (χ4v) is 5.82. The molecule has 0 aliphatic heterocycles. The Kier molecular flexibility index (Phi) is 7.94. The smallest absolute Gasteiger partial charge is 0.253 e. The first-order valence-electron chi connectivity index (χ1n) is 11.4. The lowest BCUT2D eigenvalue weighted by Crippen LogP contribution is -2.25. The summed E-state index contributed by atoms with van der Waals surface area (Å²) in [5.41, 5.74) is 3.01. The molecule has 0 aliphatic carbocycles. The van der Waals surface area contributed by atoms with Crippen molar-refractivity contribution in [3.8, 4) is 5.69 Å². The second-order valence-electron chi connectivity index (χ2n) is 8.20. The quantitative estimate of drug-likeness (QED) is 0.213. The molecule has 192 valence electrons. The van der Waals surface area contributed by atoms with Crippen molar-refractivity contribution in [1.29, 1.82) is 0 Å². The number of halogens is 2. The predicted octanol–water partition coefficient (Wildman–Crippen LogP) is 6.15. The largest absolute Gasteiger partial charge is 0.345 e. The van der Waals surface area contributed by atoms with Crippen molar-refractivity contribution in [3.63, 3.8) is 0 Å². The summed E-state index contributed by atoms with van der Waals surface area (Å²) < 4.78 is 2.83. The van der Waals surface area contributed by atoms with Crippen molar-refractivity contribution in [2.75, 3.05) is 11.1 Å². The van der Waals surface area contributed by atoms with E-state index in [-0.39, 0.29) is 29.1 Å². The number of hydrogen-bond acceptors (Lipinski definition) is 7. The van der Waals surface area contributed by atoms with Crippen LogP contribution < -0.4 is 10.6 Å². The number of benzene rings is 3. The molecule has 0 atom stereocenters. The number of nitrogens with one attached hydrogen (secondary N) is 2. The van der Waals surface area contributed by atoms with Crippen molar-refractivity contribution >= 4 is 73.5 Å². The summed E-state index contributed by atoms with van der Waals surface area (Å²) >= 11 is 14.8. The van der Waals surface area contributed by atoms with Crippen molar-refractivity contribution < 1.29 is 9.59 Å². The molecule has 0 fully saturated rings. The molecule has 12 heteroatoms. The SMILES string of the molecule is Cc1cccc(-n2c(CNC(=O)c3ccc(Cl)cc3Cl)nnc2SCC(=O)Nc2nc3ccccc3s2)c1. The summed E-state index contributed by atoms with van der Waals surface area (Å²) in [4.78, 5) is 29.9. The van der Waals surface area contributed by atoms with Gasteiger partial charge in [0.2, 0.25) is 5.91 Å². The van der Waals surface area contributed by atoms with E-state index >= 15 is 0 Å². The predicted molar refractivity (Wildman–Crippen MR) is 153 cm³/mol. The van der Waals surface area contributed by atoms with E-state index in [0.717, 1.165) is 21.5 Å². The summed E-state index contributed by atoms with van der Waals surface area (Å²) in [6.07, 6.45) is 0. The number of amides is 2. The van der Waals surface area contributed by atoms with Gasteiger partial charge in [-0.05, 0) is 55.0 Å². The van der Waals surface area contributed by atoms with Crippen LogP contribution >= 0.6 is 46.3 Å². The van der Waals surface area contributed by atoms with Crippen molar-refractivity contribution in [3.05, 3.63) is 93.7 Å². The number of aromatic nitrogens is 4. The lowest BCUT2D eigenvalue weighted by Gasteiger charge is -2.12. The van der Waals surface area contributed by atoms with Crippen molar-refractivity contribution in [1.82, 2.24) is 25.1 Å². The molecule has 8 nitrogen and oxygen atoms in total. The number of nitrogens with zero attached hydrogens (tertiary/aromatic N) is 4. The third-order valence-corrected chi connectivity index (χ3v) is 7.84. The first-order valence-corrected chi connectivity index (χ1v) is 14.0. The third-order valence-electron chi connectivity index (χ3n) is 5.42. The zero-order valence-electron chi connectivity index (χ0n) is 19.9. The fraction of sp³-hybridized carbons (Fsp3) is 0.115. The summed E-state index contributed by atoms with van der Waals surface area (Å²) in [5.74, 6) is 0.0326. The van der Waals surface area contributed by atoms with Crippen molar-refractivity contribution in [2.24, 2.45) is 0 Å². The summed E-state index contributed by atoms with van der Waals surface area (Å²) in [6.45, 7) is 2.08. The minimum absolute atomic E-state index is 0.0944. The number of anilines is 1. The molecule has 2 N–H and O–H groups in total. The highest BCUT2D eigenvalue weighted by Gasteiger charge is 2.18. The highest BCUT2D eigenvalue weighted by Crippen LogP contribution is 2.27. The molecule has 0 unspecified atom stereocenters. The van der Waals surface area contributed by atoms with Gasteiger partial charge in [-0.25, -0.2) is 4.98 Å². The number of hydrogen-bond donors (Lipinski definition) is 2. The van der Waals surface area contributed by atoms with E-state index in [1.54, 1.807) is 12.1 Å². The molecular weight excluding hydrogens is 563 g/mol. The second-order valence-corrected chi connectivity index (χ2v) is 11.0. The van der Waals surface area contributed by atoms with Crippen LogP contribution in [0, 0.1) is 6.92 Å².